The number of hydrogen-bond acceptors (Lipinski definition) is 8. The molecule has 202 valence electrons. The van der Waals surface area contributed by atoms with Crippen molar-refractivity contribution in [2.24, 2.45) is 7.05 Å². The highest BCUT2D eigenvalue weighted by atomic mass is 32.3. The van der Waals surface area contributed by atoms with Crippen LogP contribution in [-0.2, 0) is 18.4 Å². The summed E-state index contributed by atoms with van der Waals surface area (Å²) in [6, 6.07) is 18.1. The van der Waals surface area contributed by atoms with Gasteiger partial charge in [0.1, 0.15) is 22.3 Å². The van der Waals surface area contributed by atoms with E-state index < -0.39 is 22.7 Å². The molecule has 2 heterocycles. The van der Waals surface area contributed by atoms with E-state index in [1.54, 1.807) is 28.2 Å². The molecule has 0 bridgehead atoms. The molecule has 5 rings (SSSR count). The molecule has 11 heteroatoms. The maximum absolute atomic E-state index is 11.9. The molecule has 2 unspecified atom stereocenters. The van der Waals surface area contributed by atoms with Crippen molar-refractivity contribution in [3.63, 3.8) is 0 Å². The molecule has 10 nitrogen and oxygen atoms in total. The molecule has 0 radical (unpaired) electrons. The number of ether oxygens (including phenoxy) is 1. The summed E-state index contributed by atoms with van der Waals surface area (Å²) in [7, 11) is -1.68. The SMILES string of the molecule is Cc1ccc(C(CC(=O)O)c2ccc3c(c2)nnn3C)cc1CN1CC(C)Oc2ccc(C#N)cc2S1(O)O. The molecule has 3 N–H and O–H groups in total. The summed E-state index contributed by atoms with van der Waals surface area (Å²) in [6.07, 6.45) is -0.463. The van der Waals surface area contributed by atoms with Gasteiger partial charge in [-0.25, -0.2) is 4.68 Å². The van der Waals surface area contributed by atoms with E-state index in [1.165, 1.54) is 6.07 Å². The lowest BCUT2D eigenvalue weighted by Crippen LogP contribution is -2.33. The highest BCUT2D eigenvalue weighted by molar-refractivity contribution is 8.22. The minimum atomic E-state index is -3.48. The lowest BCUT2D eigenvalue weighted by Gasteiger charge is -2.42. The zero-order valence-corrected chi connectivity index (χ0v) is 22.6. The summed E-state index contributed by atoms with van der Waals surface area (Å²) in [5.41, 5.74) is 5.19. The normalized spacial score (nSPS) is 18.4. The van der Waals surface area contributed by atoms with Crippen LogP contribution in [0.2, 0.25) is 0 Å². The lowest BCUT2D eigenvalue weighted by atomic mass is 9.86. The van der Waals surface area contributed by atoms with Crippen LogP contribution in [-0.4, -0.2) is 52.1 Å². The number of carboxylic acid groups (broad SMARTS) is 1. The summed E-state index contributed by atoms with van der Waals surface area (Å²) in [5.74, 6) is -1.03. The molecule has 1 aliphatic heterocycles. The number of aryl methyl sites for hydroxylation is 2. The first-order valence-electron chi connectivity index (χ1n) is 12.4. The van der Waals surface area contributed by atoms with Gasteiger partial charge in [0.15, 0.2) is 0 Å². The number of aromatic nitrogens is 3. The van der Waals surface area contributed by atoms with Crippen molar-refractivity contribution in [2.45, 2.75) is 43.7 Å². The van der Waals surface area contributed by atoms with E-state index in [2.05, 4.69) is 10.3 Å². The smallest absolute Gasteiger partial charge is 0.304 e. The highest BCUT2D eigenvalue weighted by Gasteiger charge is 2.34. The third-order valence-electron chi connectivity index (χ3n) is 7.05. The predicted octanol–water partition coefficient (Wildman–Crippen LogP) is 5.06. The van der Waals surface area contributed by atoms with Gasteiger partial charge in [0.05, 0.1) is 30.1 Å². The molecule has 2 atom stereocenters. The van der Waals surface area contributed by atoms with Gasteiger partial charge in [-0.3, -0.25) is 13.9 Å². The van der Waals surface area contributed by atoms with Gasteiger partial charge in [0.2, 0.25) is 0 Å². The van der Waals surface area contributed by atoms with Crippen LogP contribution in [0.1, 0.15) is 47.1 Å². The van der Waals surface area contributed by atoms with Crippen LogP contribution in [0.25, 0.3) is 11.0 Å². The molecule has 0 aliphatic carbocycles. The van der Waals surface area contributed by atoms with Crippen LogP contribution >= 0.6 is 10.8 Å². The van der Waals surface area contributed by atoms with E-state index in [1.807, 2.05) is 56.3 Å². The second-order valence-corrected chi connectivity index (χ2v) is 11.8. The molecule has 0 amide bonds. The minimum Gasteiger partial charge on any atom is -0.487 e. The fourth-order valence-corrected chi connectivity index (χ4v) is 6.66. The van der Waals surface area contributed by atoms with Gasteiger partial charge in [0, 0.05) is 19.5 Å². The Hall–Kier alpha value is -3.95. The van der Waals surface area contributed by atoms with Crippen LogP contribution in [0, 0.1) is 18.3 Å². The number of nitriles is 1. The number of fused-ring (bicyclic) bond motifs is 2. The average molecular weight is 548 g/mol. The first-order valence-corrected chi connectivity index (χ1v) is 13.9. The largest absolute Gasteiger partial charge is 0.487 e. The number of benzene rings is 3. The van der Waals surface area contributed by atoms with Crippen LogP contribution in [0.15, 0.2) is 59.5 Å². The molecule has 1 aromatic heterocycles. The van der Waals surface area contributed by atoms with Crippen LogP contribution in [0.4, 0.5) is 0 Å². The van der Waals surface area contributed by atoms with Gasteiger partial charge < -0.3 is 9.84 Å². The molecule has 0 spiro atoms. The lowest BCUT2D eigenvalue weighted by molar-refractivity contribution is -0.137. The van der Waals surface area contributed by atoms with E-state index >= 15 is 0 Å². The molecule has 0 saturated carbocycles. The topological polar surface area (TPSA) is 145 Å². The van der Waals surface area contributed by atoms with E-state index in [4.69, 9.17) is 4.74 Å². The molecule has 4 aromatic rings. The Morgan fingerprint density at radius 3 is 2.67 bits per heavy atom. The Labute approximate surface area is 227 Å². The zero-order chi connectivity index (χ0) is 27.9. The summed E-state index contributed by atoms with van der Waals surface area (Å²) < 4.78 is 32.0. The third kappa shape index (κ3) is 5.20. The number of carbonyl (C=O) groups is 1. The van der Waals surface area contributed by atoms with E-state index in [9.17, 15) is 24.3 Å². The summed E-state index contributed by atoms with van der Waals surface area (Å²) in [4.78, 5) is 12.1. The van der Waals surface area contributed by atoms with Crippen LogP contribution < -0.4 is 4.74 Å². The minimum absolute atomic E-state index is 0.123. The number of hydrogen-bond donors (Lipinski definition) is 3. The Morgan fingerprint density at radius 1 is 1.18 bits per heavy atom. The van der Waals surface area contributed by atoms with Gasteiger partial charge in [-0.1, -0.05) is 29.5 Å². The van der Waals surface area contributed by atoms with Crippen LogP contribution in [0.5, 0.6) is 5.75 Å². The van der Waals surface area contributed by atoms with Crippen molar-refractivity contribution in [3.8, 4) is 11.8 Å². The third-order valence-corrected chi connectivity index (χ3v) is 8.96. The molecule has 0 fully saturated rings. The number of aliphatic carboxylic acids is 1. The van der Waals surface area contributed by atoms with Crippen molar-refractivity contribution in [3.05, 3.63) is 82.4 Å². The maximum atomic E-state index is 11.9. The van der Waals surface area contributed by atoms with Gasteiger partial charge in [-0.05, 0) is 66.4 Å². The second kappa shape index (κ2) is 10.3. The standard InChI is InChI=1S/C28H29N5O5S/c1-17-4-6-20(23(13-28(34)35)21-7-8-25-24(12-21)30-31-32(25)3)11-22(17)16-33-15-18(2)38-26-9-5-19(14-29)10-27(26)39(33,36)37/h4-12,18,23,36-37H,13,15-16H2,1-3H3,(H,34,35). The predicted molar refractivity (Wildman–Crippen MR) is 147 cm³/mol. The molecular formula is C28H29N5O5S. The molecule has 39 heavy (non-hydrogen) atoms. The number of nitrogens with zero attached hydrogens (tertiary/aromatic N) is 5. The Kier molecular flexibility index (Phi) is 7.05. The molecule has 0 saturated heterocycles. The van der Waals surface area contributed by atoms with Crippen molar-refractivity contribution >= 4 is 27.8 Å². The molecule has 1 aliphatic rings. The monoisotopic (exact) mass is 547 g/mol. The van der Waals surface area contributed by atoms with Crippen molar-refractivity contribution in [1.29, 1.82) is 5.26 Å². The summed E-state index contributed by atoms with van der Waals surface area (Å²) in [6.45, 7) is 4.21. The van der Waals surface area contributed by atoms with Gasteiger partial charge in [-0.2, -0.15) is 9.57 Å². The number of carboxylic acids is 1. The van der Waals surface area contributed by atoms with E-state index in [0.29, 0.717) is 16.8 Å². The quantitative estimate of drug-likeness (QED) is 0.301. The van der Waals surface area contributed by atoms with Crippen LogP contribution in [0.3, 0.4) is 0 Å². The fraction of sp³-hybridized carbons (Fsp3) is 0.286. The Bertz CT molecular complexity index is 1610. The first kappa shape index (κ1) is 26.6. The van der Waals surface area contributed by atoms with Crippen molar-refractivity contribution in [1.82, 2.24) is 19.3 Å². The second-order valence-electron chi connectivity index (χ2n) is 9.84. The first-order chi connectivity index (χ1) is 18.6. The van der Waals surface area contributed by atoms with E-state index in [0.717, 1.165) is 27.8 Å². The Balaban J connectivity index is 1.53. The van der Waals surface area contributed by atoms with Gasteiger partial charge in [0.25, 0.3) is 0 Å². The maximum Gasteiger partial charge on any atom is 0.304 e. The Morgan fingerprint density at radius 2 is 1.92 bits per heavy atom. The summed E-state index contributed by atoms with van der Waals surface area (Å²) >= 11 is 0. The van der Waals surface area contributed by atoms with Crippen molar-refractivity contribution < 1.29 is 23.7 Å². The fourth-order valence-electron chi connectivity index (χ4n) is 4.97. The zero-order valence-electron chi connectivity index (χ0n) is 21.8. The van der Waals surface area contributed by atoms with Gasteiger partial charge >= 0.3 is 5.97 Å². The number of rotatable bonds is 6. The average Bonchev–Trinajstić information content (AvgIpc) is 3.23. The molecule has 3 aromatic carbocycles. The summed E-state index contributed by atoms with van der Waals surface area (Å²) in [5, 5.41) is 27.3. The highest BCUT2D eigenvalue weighted by Crippen LogP contribution is 2.57. The van der Waals surface area contributed by atoms with Crippen molar-refractivity contribution in [2.75, 3.05) is 6.54 Å². The molecular weight excluding hydrogens is 518 g/mol. The van der Waals surface area contributed by atoms with E-state index in [-0.39, 0.29) is 30.5 Å². The van der Waals surface area contributed by atoms with Gasteiger partial charge in [-0.15, -0.1) is 15.9 Å².